The van der Waals surface area contributed by atoms with Crippen molar-refractivity contribution in [1.82, 2.24) is 15.3 Å². The highest BCUT2D eigenvalue weighted by Gasteiger charge is 2.17. The molecule has 1 aromatic carbocycles. The molecule has 0 saturated heterocycles. The lowest BCUT2D eigenvalue weighted by molar-refractivity contribution is 0.629. The van der Waals surface area contributed by atoms with E-state index in [2.05, 4.69) is 52.6 Å². The molecule has 0 saturated carbocycles. The molecule has 20 heavy (non-hydrogen) atoms. The van der Waals surface area contributed by atoms with E-state index in [1.54, 1.807) is 0 Å². The molecular weight excluding hydrogens is 250 g/mol. The van der Waals surface area contributed by atoms with E-state index in [1.807, 2.05) is 0 Å². The smallest absolute Gasteiger partial charge is 0.222 e. The molecule has 1 aliphatic heterocycles. The minimum absolute atomic E-state index is 0.332. The van der Waals surface area contributed by atoms with Crippen molar-refractivity contribution in [3.8, 4) is 0 Å². The van der Waals surface area contributed by atoms with Gasteiger partial charge >= 0.3 is 0 Å². The molecule has 0 amide bonds. The number of aromatic nitrogens is 2. The maximum Gasteiger partial charge on any atom is 0.222 e. The van der Waals surface area contributed by atoms with Gasteiger partial charge in [0, 0.05) is 30.8 Å². The first-order chi connectivity index (χ1) is 9.63. The van der Waals surface area contributed by atoms with E-state index < -0.39 is 0 Å². The number of hydrogen-bond donors (Lipinski definition) is 3. The molecule has 0 unspecified atom stereocenters. The van der Waals surface area contributed by atoms with Crippen LogP contribution in [0, 0.1) is 13.8 Å². The minimum Gasteiger partial charge on any atom is -0.368 e. The van der Waals surface area contributed by atoms with Crippen LogP contribution < -0.4 is 16.4 Å². The molecule has 1 aromatic heterocycles. The van der Waals surface area contributed by atoms with Crippen LogP contribution >= 0.6 is 0 Å². The van der Waals surface area contributed by atoms with E-state index >= 15 is 0 Å². The van der Waals surface area contributed by atoms with Crippen molar-refractivity contribution in [1.29, 1.82) is 0 Å². The molecule has 2 heterocycles. The maximum absolute atomic E-state index is 5.82. The first-order valence-corrected chi connectivity index (χ1v) is 6.84. The van der Waals surface area contributed by atoms with E-state index in [1.165, 1.54) is 11.1 Å². The first kappa shape index (κ1) is 12.9. The zero-order valence-corrected chi connectivity index (χ0v) is 11.8. The largest absolute Gasteiger partial charge is 0.368 e. The van der Waals surface area contributed by atoms with Crippen molar-refractivity contribution in [2.75, 3.05) is 17.6 Å². The van der Waals surface area contributed by atoms with Crippen molar-refractivity contribution < 1.29 is 0 Å². The van der Waals surface area contributed by atoms with Gasteiger partial charge in [-0.3, -0.25) is 0 Å². The number of aryl methyl sites for hydroxylation is 2. The predicted octanol–water partition coefficient (Wildman–Crippen LogP) is 2.06. The number of fused-ring (bicyclic) bond motifs is 1. The fourth-order valence-corrected chi connectivity index (χ4v) is 2.46. The van der Waals surface area contributed by atoms with Crippen molar-refractivity contribution in [2.24, 2.45) is 0 Å². The summed E-state index contributed by atoms with van der Waals surface area (Å²) in [5.74, 6) is 1.15. The number of hydrogen-bond acceptors (Lipinski definition) is 5. The summed E-state index contributed by atoms with van der Waals surface area (Å²) in [5, 5.41) is 6.76. The molecule has 2 aromatic rings. The van der Waals surface area contributed by atoms with E-state index in [-0.39, 0.29) is 0 Å². The summed E-state index contributed by atoms with van der Waals surface area (Å²) in [6.07, 6.45) is 0.892. The molecule has 0 atom stereocenters. The fraction of sp³-hybridized carbons (Fsp3) is 0.333. The lowest BCUT2D eigenvalue weighted by atomic mass is 10.1. The van der Waals surface area contributed by atoms with Gasteiger partial charge < -0.3 is 16.4 Å². The van der Waals surface area contributed by atoms with Crippen LogP contribution in [0.3, 0.4) is 0 Å². The lowest BCUT2D eigenvalue weighted by Gasteiger charge is -2.20. The van der Waals surface area contributed by atoms with E-state index in [9.17, 15) is 0 Å². The summed E-state index contributed by atoms with van der Waals surface area (Å²) < 4.78 is 0. The van der Waals surface area contributed by atoms with Gasteiger partial charge in [-0.2, -0.15) is 4.98 Å². The molecule has 0 bridgehead atoms. The van der Waals surface area contributed by atoms with Gasteiger partial charge in [0.25, 0.3) is 0 Å². The molecule has 4 N–H and O–H groups in total. The van der Waals surface area contributed by atoms with Crippen molar-refractivity contribution in [3.63, 3.8) is 0 Å². The Morgan fingerprint density at radius 1 is 1.25 bits per heavy atom. The molecule has 1 aliphatic rings. The van der Waals surface area contributed by atoms with Crippen LogP contribution in [0.5, 0.6) is 0 Å². The van der Waals surface area contributed by atoms with Crippen LogP contribution in [0.1, 0.15) is 22.4 Å². The van der Waals surface area contributed by atoms with Gasteiger partial charge in [-0.25, -0.2) is 4.98 Å². The Balaban J connectivity index is 2.02. The van der Waals surface area contributed by atoms with Crippen LogP contribution in [0.4, 0.5) is 17.5 Å². The minimum atomic E-state index is 0.332. The number of anilines is 3. The van der Waals surface area contributed by atoms with Crippen LogP contribution in [0.2, 0.25) is 0 Å². The molecule has 0 radical (unpaired) electrons. The molecule has 5 nitrogen and oxygen atoms in total. The summed E-state index contributed by atoms with van der Waals surface area (Å²) in [7, 11) is 0. The van der Waals surface area contributed by atoms with Gasteiger partial charge in [-0.15, -0.1) is 0 Å². The first-order valence-electron chi connectivity index (χ1n) is 6.84. The van der Waals surface area contributed by atoms with E-state index in [0.717, 1.165) is 42.3 Å². The summed E-state index contributed by atoms with van der Waals surface area (Å²) in [6, 6.07) is 6.33. The van der Waals surface area contributed by atoms with Gasteiger partial charge in [0.2, 0.25) is 5.95 Å². The number of nitrogens with one attached hydrogen (secondary N) is 2. The van der Waals surface area contributed by atoms with Gasteiger partial charge in [0.1, 0.15) is 5.82 Å². The highest BCUT2D eigenvalue weighted by Crippen LogP contribution is 2.26. The number of benzene rings is 1. The van der Waals surface area contributed by atoms with E-state index in [4.69, 9.17) is 5.73 Å². The molecule has 0 fully saturated rings. The monoisotopic (exact) mass is 269 g/mol. The summed E-state index contributed by atoms with van der Waals surface area (Å²) in [5.41, 5.74) is 11.5. The number of rotatable bonds is 2. The standard InChI is InChI=1S/C15H19N5/c1-9-3-4-10(2)13(7-9)18-14-11-8-17-6-5-12(11)19-15(16)20-14/h3-4,7,17H,5-6,8H2,1-2H3,(H3,16,18,19,20). The second kappa shape index (κ2) is 5.09. The predicted molar refractivity (Wildman–Crippen MR) is 81.1 cm³/mol. The third-order valence-corrected chi connectivity index (χ3v) is 3.60. The molecule has 0 spiro atoms. The van der Waals surface area contributed by atoms with Gasteiger partial charge in [0.15, 0.2) is 0 Å². The quantitative estimate of drug-likeness (QED) is 0.778. The Hall–Kier alpha value is -2.14. The molecule has 5 heteroatoms. The fourth-order valence-electron chi connectivity index (χ4n) is 2.46. The third kappa shape index (κ3) is 2.44. The molecule has 3 rings (SSSR count). The summed E-state index contributed by atoms with van der Waals surface area (Å²) in [6.45, 7) is 5.88. The van der Waals surface area contributed by atoms with Gasteiger partial charge in [0.05, 0.1) is 5.69 Å². The van der Waals surface area contributed by atoms with Crippen LogP contribution in [-0.4, -0.2) is 16.5 Å². The zero-order valence-electron chi connectivity index (χ0n) is 11.8. The van der Waals surface area contributed by atoms with Crippen LogP contribution in [-0.2, 0) is 13.0 Å². The Morgan fingerprint density at radius 3 is 2.95 bits per heavy atom. The number of nitrogen functional groups attached to an aromatic ring is 1. The molecular formula is C15H19N5. The summed E-state index contributed by atoms with van der Waals surface area (Å²) >= 11 is 0. The van der Waals surface area contributed by atoms with Crippen LogP contribution in [0.15, 0.2) is 18.2 Å². The molecule has 104 valence electrons. The SMILES string of the molecule is Cc1ccc(C)c(Nc2nc(N)nc3c2CNCC3)c1. The normalized spacial score (nSPS) is 13.9. The van der Waals surface area contributed by atoms with Crippen molar-refractivity contribution in [2.45, 2.75) is 26.8 Å². The van der Waals surface area contributed by atoms with E-state index in [0.29, 0.717) is 5.95 Å². The lowest BCUT2D eigenvalue weighted by Crippen LogP contribution is -2.26. The van der Waals surface area contributed by atoms with Gasteiger partial charge in [-0.1, -0.05) is 12.1 Å². The average molecular weight is 269 g/mol. The Bertz CT molecular complexity index is 651. The highest BCUT2D eigenvalue weighted by atomic mass is 15.1. The third-order valence-electron chi connectivity index (χ3n) is 3.60. The second-order valence-electron chi connectivity index (χ2n) is 5.23. The Morgan fingerprint density at radius 2 is 2.10 bits per heavy atom. The topological polar surface area (TPSA) is 75.9 Å². The Labute approximate surface area is 118 Å². The zero-order chi connectivity index (χ0) is 14.1. The number of nitrogens with zero attached hydrogens (tertiary/aromatic N) is 2. The van der Waals surface area contributed by atoms with Crippen LogP contribution in [0.25, 0.3) is 0 Å². The van der Waals surface area contributed by atoms with Crippen molar-refractivity contribution >= 4 is 17.5 Å². The maximum atomic E-state index is 5.82. The highest BCUT2D eigenvalue weighted by molar-refractivity contribution is 5.65. The van der Waals surface area contributed by atoms with Crippen molar-refractivity contribution in [3.05, 3.63) is 40.6 Å². The van der Waals surface area contributed by atoms with Gasteiger partial charge in [-0.05, 0) is 31.0 Å². The number of nitrogens with two attached hydrogens (primary N) is 1. The Kier molecular flexibility index (Phi) is 3.28. The molecule has 0 aliphatic carbocycles. The average Bonchev–Trinajstić information content (AvgIpc) is 2.43. The summed E-state index contributed by atoms with van der Waals surface area (Å²) in [4.78, 5) is 8.71. The second-order valence-corrected chi connectivity index (χ2v) is 5.23.